The minimum Gasteiger partial charge on any atom is -0.304 e. The van der Waals surface area contributed by atoms with E-state index in [1.165, 1.54) is 16.2 Å². The zero-order chi connectivity index (χ0) is 16.7. The summed E-state index contributed by atoms with van der Waals surface area (Å²) in [6.07, 6.45) is 0. The molecular formula is C14H13BrN6O2. The van der Waals surface area contributed by atoms with Gasteiger partial charge < -0.3 is 4.57 Å². The largest absolute Gasteiger partial charge is 0.332 e. The number of aromatic nitrogens is 4. The quantitative estimate of drug-likeness (QED) is 0.642. The third-order valence-corrected chi connectivity index (χ3v) is 4.01. The fourth-order valence-electron chi connectivity index (χ4n) is 2.24. The van der Waals surface area contributed by atoms with Crippen LogP contribution in [0.1, 0.15) is 0 Å². The molecule has 3 aromatic rings. The lowest BCUT2D eigenvalue weighted by Gasteiger charge is -2.02. The van der Waals surface area contributed by atoms with Gasteiger partial charge in [0.2, 0.25) is 0 Å². The summed E-state index contributed by atoms with van der Waals surface area (Å²) in [4.78, 5) is 28.5. The van der Waals surface area contributed by atoms with Crippen molar-refractivity contribution < 1.29 is 0 Å². The summed E-state index contributed by atoms with van der Waals surface area (Å²) in [5.74, 6) is 0.248. The standard InChI is InChI=1S/C14H13BrN6O2/c1-19-10-11(20(2)14(23)21(3)12(10)22)16-13(19)18-17-9-6-4-5-8(15)7-9/h4-7H,1-3H3. The molecule has 2 aromatic heterocycles. The van der Waals surface area contributed by atoms with Crippen molar-refractivity contribution in [1.29, 1.82) is 0 Å². The number of fused-ring (bicyclic) bond motifs is 1. The molecule has 0 aliphatic heterocycles. The maximum absolute atomic E-state index is 12.3. The number of rotatable bonds is 2. The molecule has 9 heteroatoms. The SMILES string of the molecule is Cn1c(=O)c2c(nc(N=Nc3cccc(Br)c3)n2C)n(C)c1=O. The fourth-order valence-corrected chi connectivity index (χ4v) is 2.62. The Hall–Kier alpha value is -2.55. The second-order valence-corrected chi connectivity index (χ2v) is 5.94. The molecule has 0 bridgehead atoms. The van der Waals surface area contributed by atoms with E-state index in [-0.39, 0.29) is 11.6 Å². The first kappa shape index (κ1) is 15.3. The molecular weight excluding hydrogens is 364 g/mol. The van der Waals surface area contributed by atoms with Crippen LogP contribution in [-0.4, -0.2) is 18.7 Å². The van der Waals surface area contributed by atoms with Gasteiger partial charge in [0, 0.05) is 25.6 Å². The summed E-state index contributed by atoms with van der Waals surface area (Å²) in [6.45, 7) is 0. The van der Waals surface area contributed by atoms with Crippen LogP contribution in [0.4, 0.5) is 11.6 Å². The highest BCUT2D eigenvalue weighted by Gasteiger charge is 2.16. The van der Waals surface area contributed by atoms with Crippen LogP contribution in [0.2, 0.25) is 0 Å². The fraction of sp³-hybridized carbons (Fsp3) is 0.214. The molecule has 23 heavy (non-hydrogen) atoms. The van der Waals surface area contributed by atoms with Gasteiger partial charge in [-0.05, 0) is 18.2 Å². The minimum atomic E-state index is -0.434. The Kier molecular flexibility index (Phi) is 3.72. The Morgan fingerprint density at radius 2 is 1.78 bits per heavy atom. The predicted octanol–water partition coefficient (Wildman–Crippen LogP) is 2.15. The van der Waals surface area contributed by atoms with Crippen molar-refractivity contribution in [1.82, 2.24) is 18.7 Å². The van der Waals surface area contributed by atoms with Gasteiger partial charge in [-0.1, -0.05) is 22.0 Å². The topological polar surface area (TPSA) is 86.5 Å². The normalized spacial score (nSPS) is 11.7. The molecule has 0 radical (unpaired) electrons. The summed E-state index contributed by atoms with van der Waals surface area (Å²) in [6, 6.07) is 7.33. The summed E-state index contributed by atoms with van der Waals surface area (Å²) in [5, 5.41) is 8.20. The third-order valence-electron chi connectivity index (χ3n) is 3.52. The van der Waals surface area contributed by atoms with Crippen LogP contribution in [-0.2, 0) is 21.1 Å². The van der Waals surface area contributed by atoms with E-state index in [2.05, 4.69) is 31.1 Å². The van der Waals surface area contributed by atoms with Gasteiger partial charge in [-0.3, -0.25) is 13.9 Å². The highest BCUT2D eigenvalue weighted by atomic mass is 79.9. The lowest BCUT2D eigenvalue weighted by molar-refractivity contribution is 0.705. The zero-order valence-corrected chi connectivity index (χ0v) is 14.3. The first-order chi connectivity index (χ1) is 10.9. The molecule has 2 heterocycles. The molecule has 0 saturated carbocycles. The zero-order valence-electron chi connectivity index (χ0n) is 12.7. The van der Waals surface area contributed by atoms with E-state index < -0.39 is 11.2 Å². The molecule has 0 spiro atoms. The average Bonchev–Trinajstić information content (AvgIpc) is 2.86. The number of hydrogen-bond donors (Lipinski definition) is 0. The number of nitrogens with zero attached hydrogens (tertiary/aromatic N) is 6. The Morgan fingerprint density at radius 1 is 1.04 bits per heavy atom. The van der Waals surface area contributed by atoms with Gasteiger partial charge in [-0.15, -0.1) is 10.2 Å². The van der Waals surface area contributed by atoms with E-state index in [9.17, 15) is 9.59 Å². The molecule has 1 aromatic carbocycles. The van der Waals surface area contributed by atoms with Crippen LogP contribution in [0.15, 0.2) is 48.6 Å². The number of azo groups is 1. The molecule has 3 rings (SSSR count). The van der Waals surface area contributed by atoms with E-state index in [1.807, 2.05) is 12.1 Å². The van der Waals surface area contributed by atoms with E-state index >= 15 is 0 Å². The molecule has 0 unspecified atom stereocenters. The molecule has 118 valence electrons. The van der Waals surface area contributed by atoms with Crippen LogP contribution in [0.25, 0.3) is 11.2 Å². The van der Waals surface area contributed by atoms with Crippen molar-refractivity contribution >= 4 is 38.7 Å². The highest BCUT2D eigenvalue weighted by molar-refractivity contribution is 9.10. The first-order valence-corrected chi connectivity index (χ1v) is 7.49. The van der Waals surface area contributed by atoms with Gasteiger partial charge >= 0.3 is 5.69 Å². The van der Waals surface area contributed by atoms with Crippen molar-refractivity contribution in [2.45, 2.75) is 0 Å². The second-order valence-electron chi connectivity index (χ2n) is 5.03. The molecule has 0 N–H and O–H groups in total. The van der Waals surface area contributed by atoms with Gasteiger partial charge in [0.25, 0.3) is 11.5 Å². The van der Waals surface area contributed by atoms with Gasteiger partial charge in [0.15, 0.2) is 11.2 Å². The maximum atomic E-state index is 12.3. The van der Waals surface area contributed by atoms with Crippen LogP contribution < -0.4 is 11.2 Å². The molecule has 0 aliphatic rings. The van der Waals surface area contributed by atoms with Gasteiger partial charge in [0.1, 0.15) is 0 Å². The van der Waals surface area contributed by atoms with Crippen molar-refractivity contribution in [2.24, 2.45) is 31.4 Å². The van der Waals surface area contributed by atoms with E-state index in [0.717, 1.165) is 9.04 Å². The van der Waals surface area contributed by atoms with Gasteiger partial charge in [0.05, 0.1) is 5.69 Å². The average molecular weight is 377 g/mol. The Morgan fingerprint density at radius 3 is 2.48 bits per heavy atom. The monoisotopic (exact) mass is 376 g/mol. The van der Waals surface area contributed by atoms with Crippen LogP contribution in [0.3, 0.4) is 0 Å². The molecule has 8 nitrogen and oxygen atoms in total. The van der Waals surface area contributed by atoms with Crippen LogP contribution >= 0.6 is 15.9 Å². The molecule has 0 fully saturated rings. The number of imidazole rings is 1. The number of halogens is 1. The van der Waals surface area contributed by atoms with Crippen molar-refractivity contribution in [3.63, 3.8) is 0 Å². The summed E-state index contributed by atoms with van der Waals surface area (Å²) >= 11 is 3.36. The summed E-state index contributed by atoms with van der Waals surface area (Å²) in [7, 11) is 4.66. The molecule has 0 saturated heterocycles. The van der Waals surface area contributed by atoms with Crippen molar-refractivity contribution in [3.05, 3.63) is 49.6 Å². The van der Waals surface area contributed by atoms with Crippen LogP contribution in [0, 0.1) is 0 Å². The maximum Gasteiger partial charge on any atom is 0.332 e. The van der Waals surface area contributed by atoms with E-state index in [1.54, 1.807) is 26.2 Å². The van der Waals surface area contributed by atoms with Gasteiger partial charge in [-0.25, -0.2) is 4.79 Å². The number of benzene rings is 1. The highest BCUT2D eigenvalue weighted by Crippen LogP contribution is 2.22. The minimum absolute atomic E-state index is 0.248. The Bertz CT molecular complexity index is 1060. The summed E-state index contributed by atoms with van der Waals surface area (Å²) in [5.41, 5.74) is 0.382. The molecule has 0 atom stereocenters. The third kappa shape index (κ3) is 2.52. The second kappa shape index (κ2) is 5.58. The number of aryl methyl sites for hydroxylation is 2. The molecule has 0 amide bonds. The van der Waals surface area contributed by atoms with Crippen molar-refractivity contribution in [3.8, 4) is 0 Å². The lowest BCUT2D eigenvalue weighted by atomic mass is 10.3. The van der Waals surface area contributed by atoms with Gasteiger partial charge in [-0.2, -0.15) is 4.98 Å². The Labute approximate surface area is 138 Å². The summed E-state index contributed by atoms with van der Waals surface area (Å²) < 4.78 is 4.77. The Balaban J connectivity index is 2.19. The van der Waals surface area contributed by atoms with E-state index in [0.29, 0.717) is 11.2 Å². The smallest absolute Gasteiger partial charge is 0.304 e. The molecule has 0 aliphatic carbocycles. The lowest BCUT2D eigenvalue weighted by Crippen LogP contribution is -2.37. The van der Waals surface area contributed by atoms with Crippen LogP contribution in [0.5, 0.6) is 0 Å². The van der Waals surface area contributed by atoms with E-state index in [4.69, 9.17) is 0 Å². The van der Waals surface area contributed by atoms with Crippen molar-refractivity contribution in [2.75, 3.05) is 0 Å². The predicted molar refractivity (Wildman–Crippen MR) is 89.5 cm³/mol. The number of hydrogen-bond acceptors (Lipinski definition) is 5. The first-order valence-electron chi connectivity index (χ1n) is 6.70.